The predicted octanol–water partition coefficient (Wildman–Crippen LogP) is 5.97. The summed E-state index contributed by atoms with van der Waals surface area (Å²) in [7, 11) is 9.71. The van der Waals surface area contributed by atoms with E-state index in [1.54, 1.807) is 25.6 Å². The largest absolute Gasteiger partial charge is 0.494 e. The van der Waals surface area contributed by atoms with E-state index in [0.29, 0.717) is 23.1 Å². The van der Waals surface area contributed by atoms with Crippen molar-refractivity contribution >= 4 is 29.1 Å². The van der Waals surface area contributed by atoms with E-state index < -0.39 is 6.09 Å². The van der Waals surface area contributed by atoms with Gasteiger partial charge in [0.2, 0.25) is 5.95 Å². The highest BCUT2D eigenvalue weighted by Crippen LogP contribution is 2.32. The Morgan fingerprint density at radius 2 is 1.74 bits per heavy atom. The van der Waals surface area contributed by atoms with E-state index in [1.807, 2.05) is 54.1 Å². The topological polar surface area (TPSA) is 96.8 Å². The zero-order valence-corrected chi connectivity index (χ0v) is 25.6. The van der Waals surface area contributed by atoms with Crippen molar-refractivity contribution < 1.29 is 14.3 Å². The number of likely N-dealkylation sites (N-methyl/N-ethyl adjacent to an activating group) is 2. The van der Waals surface area contributed by atoms with Gasteiger partial charge in [0.1, 0.15) is 5.75 Å². The van der Waals surface area contributed by atoms with Crippen molar-refractivity contribution in [1.29, 1.82) is 0 Å². The number of ether oxygens (including phenoxy) is 2. The second kappa shape index (κ2) is 13.9. The Labute approximate surface area is 248 Å². The van der Waals surface area contributed by atoms with E-state index in [0.717, 1.165) is 59.8 Å². The number of nitrogens with zero attached hydrogens (tertiary/aromatic N) is 5. The van der Waals surface area contributed by atoms with E-state index >= 15 is 0 Å². The Bertz CT molecular complexity index is 1490. The number of aryl methyl sites for hydroxylation is 3. The standard InChI is InChI=1S/C32H41N7O3/c1-8-22-11-10-12-23(9-2)30(22)36-32(40)42-25-20-28(39(6)21-25)26-15-16-33-31(34-26)35-27-14-13-24(19-29(27)41-7)38(5)18-17-37(3)4/h10-16,19-21H,8-9,17-18H2,1-7H3,(H,36,40)(H,33,34,35). The fourth-order valence-corrected chi connectivity index (χ4v) is 4.66. The SMILES string of the molecule is CCc1cccc(CC)c1NC(=O)Oc1cc(-c2ccnc(Nc3ccc(N(C)CCN(C)C)cc3OC)n2)n(C)c1. The number of nitrogens with one attached hydrogen (secondary N) is 2. The molecule has 2 heterocycles. The van der Waals surface area contributed by atoms with Gasteiger partial charge in [-0.15, -0.1) is 0 Å². The van der Waals surface area contributed by atoms with Gasteiger partial charge in [-0.2, -0.15) is 0 Å². The van der Waals surface area contributed by atoms with Gasteiger partial charge < -0.3 is 29.2 Å². The van der Waals surface area contributed by atoms with Crippen LogP contribution in [0.25, 0.3) is 11.4 Å². The molecule has 0 saturated heterocycles. The summed E-state index contributed by atoms with van der Waals surface area (Å²) in [6, 6.07) is 15.7. The van der Waals surface area contributed by atoms with Gasteiger partial charge in [0.05, 0.1) is 29.9 Å². The second-order valence-electron chi connectivity index (χ2n) is 10.3. The van der Waals surface area contributed by atoms with Crippen molar-refractivity contribution in [3.63, 3.8) is 0 Å². The molecule has 4 rings (SSSR count). The van der Waals surface area contributed by atoms with Crippen LogP contribution in [-0.2, 0) is 19.9 Å². The van der Waals surface area contributed by atoms with Crippen LogP contribution >= 0.6 is 0 Å². The summed E-state index contributed by atoms with van der Waals surface area (Å²) in [5.74, 6) is 1.53. The third-order valence-electron chi connectivity index (χ3n) is 7.09. The van der Waals surface area contributed by atoms with E-state index in [4.69, 9.17) is 14.5 Å². The van der Waals surface area contributed by atoms with Crippen molar-refractivity contribution in [3.05, 3.63) is 72.1 Å². The van der Waals surface area contributed by atoms with Gasteiger partial charge in [0.25, 0.3) is 0 Å². The van der Waals surface area contributed by atoms with Gasteiger partial charge in [-0.3, -0.25) is 5.32 Å². The number of rotatable bonds is 12. The molecule has 0 saturated carbocycles. The molecule has 2 N–H and O–H groups in total. The molecule has 2 aromatic carbocycles. The zero-order valence-electron chi connectivity index (χ0n) is 25.6. The molecule has 0 radical (unpaired) electrons. The van der Waals surface area contributed by atoms with Gasteiger partial charge in [-0.05, 0) is 56.3 Å². The number of hydrogen-bond donors (Lipinski definition) is 2. The number of methoxy groups -OCH3 is 1. The first-order valence-corrected chi connectivity index (χ1v) is 14.1. The Balaban J connectivity index is 1.48. The highest BCUT2D eigenvalue weighted by molar-refractivity contribution is 5.88. The lowest BCUT2D eigenvalue weighted by Crippen LogP contribution is -2.28. The maximum atomic E-state index is 12.8. The summed E-state index contributed by atoms with van der Waals surface area (Å²) in [4.78, 5) is 26.3. The quantitative estimate of drug-likeness (QED) is 0.215. The Morgan fingerprint density at radius 3 is 2.40 bits per heavy atom. The summed E-state index contributed by atoms with van der Waals surface area (Å²) in [6.45, 7) is 5.97. The number of benzene rings is 2. The van der Waals surface area contributed by atoms with E-state index in [9.17, 15) is 4.79 Å². The molecule has 1 amide bonds. The van der Waals surface area contributed by atoms with Crippen LogP contribution in [0.4, 0.5) is 27.8 Å². The van der Waals surface area contributed by atoms with E-state index in [-0.39, 0.29) is 0 Å². The van der Waals surface area contributed by atoms with Crippen molar-refractivity contribution in [2.75, 3.05) is 56.9 Å². The molecule has 10 heteroatoms. The summed E-state index contributed by atoms with van der Waals surface area (Å²) < 4.78 is 13.2. The smallest absolute Gasteiger partial charge is 0.417 e. The summed E-state index contributed by atoms with van der Waals surface area (Å²) >= 11 is 0. The molecule has 0 atom stereocenters. The van der Waals surface area contributed by atoms with Crippen molar-refractivity contribution in [3.8, 4) is 22.9 Å². The van der Waals surface area contributed by atoms with Crippen LogP contribution in [0.3, 0.4) is 0 Å². The average molecular weight is 572 g/mol. The van der Waals surface area contributed by atoms with Gasteiger partial charge >= 0.3 is 6.09 Å². The van der Waals surface area contributed by atoms with Crippen LogP contribution in [0.15, 0.2) is 60.9 Å². The number of aromatic nitrogens is 3. The van der Waals surface area contributed by atoms with Crippen molar-refractivity contribution in [2.24, 2.45) is 7.05 Å². The Morgan fingerprint density at radius 1 is 1.00 bits per heavy atom. The molecule has 222 valence electrons. The fraction of sp³-hybridized carbons (Fsp3) is 0.344. The van der Waals surface area contributed by atoms with Crippen LogP contribution in [0, 0.1) is 0 Å². The Hall–Kier alpha value is -4.57. The summed E-state index contributed by atoms with van der Waals surface area (Å²) in [6.07, 6.45) is 4.54. The van der Waals surface area contributed by atoms with Gasteiger partial charge in [-0.25, -0.2) is 14.8 Å². The first-order valence-electron chi connectivity index (χ1n) is 14.1. The molecular formula is C32H41N7O3. The molecule has 0 aliphatic carbocycles. The second-order valence-corrected chi connectivity index (χ2v) is 10.3. The number of amides is 1. The number of carbonyl (C=O) groups is 1. The highest BCUT2D eigenvalue weighted by atomic mass is 16.6. The monoisotopic (exact) mass is 571 g/mol. The molecule has 4 aromatic rings. The van der Waals surface area contributed by atoms with E-state index in [2.05, 4.69) is 60.4 Å². The zero-order chi connectivity index (χ0) is 30.2. The van der Waals surface area contributed by atoms with Crippen LogP contribution in [0.2, 0.25) is 0 Å². The number of carbonyl (C=O) groups excluding carboxylic acids is 1. The van der Waals surface area contributed by atoms with Crippen LogP contribution < -0.4 is 25.0 Å². The minimum atomic E-state index is -0.532. The molecule has 0 spiro atoms. The lowest BCUT2D eigenvalue weighted by atomic mass is 10.0. The van der Waals surface area contributed by atoms with Gasteiger partial charge in [0, 0.05) is 57.4 Å². The van der Waals surface area contributed by atoms with Crippen molar-refractivity contribution in [1.82, 2.24) is 19.4 Å². The molecule has 0 fully saturated rings. The number of anilines is 4. The first kappa shape index (κ1) is 30.4. The number of para-hydroxylation sites is 1. The summed E-state index contributed by atoms with van der Waals surface area (Å²) in [5, 5.41) is 6.22. The molecule has 0 bridgehead atoms. The minimum absolute atomic E-state index is 0.417. The molecule has 0 aliphatic heterocycles. The Kier molecular flexibility index (Phi) is 10.0. The maximum absolute atomic E-state index is 12.8. The van der Waals surface area contributed by atoms with Crippen LogP contribution in [0.1, 0.15) is 25.0 Å². The molecular weight excluding hydrogens is 530 g/mol. The lowest BCUT2D eigenvalue weighted by molar-refractivity contribution is 0.215. The maximum Gasteiger partial charge on any atom is 0.417 e. The van der Waals surface area contributed by atoms with Crippen molar-refractivity contribution in [2.45, 2.75) is 26.7 Å². The molecule has 2 aromatic heterocycles. The molecule has 0 aliphatic rings. The van der Waals surface area contributed by atoms with Gasteiger partial charge in [-0.1, -0.05) is 32.0 Å². The van der Waals surface area contributed by atoms with E-state index in [1.165, 1.54) is 0 Å². The lowest BCUT2D eigenvalue weighted by Gasteiger charge is -2.22. The normalized spacial score (nSPS) is 11.0. The fourth-order valence-electron chi connectivity index (χ4n) is 4.66. The third kappa shape index (κ3) is 7.38. The predicted molar refractivity (Wildman–Crippen MR) is 169 cm³/mol. The molecule has 0 unspecified atom stereocenters. The first-order chi connectivity index (χ1) is 20.2. The third-order valence-corrected chi connectivity index (χ3v) is 7.09. The molecule has 10 nitrogen and oxygen atoms in total. The van der Waals surface area contributed by atoms with Gasteiger partial charge in [0.15, 0.2) is 5.75 Å². The average Bonchev–Trinajstić information content (AvgIpc) is 3.35. The highest BCUT2D eigenvalue weighted by Gasteiger charge is 2.16. The molecule has 42 heavy (non-hydrogen) atoms. The van der Waals surface area contributed by atoms with Crippen LogP contribution in [-0.4, -0.2) is 66.9 Å². The summed E-state index contributed by atoms with van der Waals surface area (Å²) in [5.41, 5.74) is 6.22. The minimum Gasteiger partial charge on any atom is -0.494 e. The van der Waals surface area contributed by atoms with Crippen LogP contribution in [0.5, 0.6) is 11.5 Å². The number of hydrogen-bond acceptors (Lipinski definition) is 8.